The molecule has 1 aromatic heterocycles. The van der Waals surface area contributed by atoms with Gasteiger partial charge in [-0.1, -0.05) is 0 Å². The Morgan fingerprint density at radius 1 is 1.26 bits per heavy atom. The zero-order valence-corrected chi connectivity index (χ0v) is 15.0. The van der Waals surface area contributed by atoms with Gasteiger partial charge in [0.25, 0.3) is 6.43 Å². The number of urea groups is 1. The van der Waals surface area contributed by atoms with Crippen molar-refractivity contribution in [1.29, 1.82) is 0 Å². The minimum absolute atomic E-state index is 0.0738. The van der Waals surface area contributed by atoms with E-state index in [1.165, 1.54) is 6.07 Å². The first-order valence-electron chi connectivity index (χ1n) is 9.53. The van der Waals surface area contributed by atoms with E-state index < -0.39 is 6.43 Å². The molecule has 1 aliphatic carbocycles. The van der Waals surface area contributed by atoms with Gasteiger partial charge in [0.1, 0.15) is 5.69 Å². The highest BCUT2D eigenvalue weighted by atomic mass is 19.3. The minimum Gasteiger partial charge on any atom is -0.347 e. The van der Waals surface area contributed by atoms with E-state index in [2.05, 4.69) is 15.5 Å². The third-order valence-corrected chi connectivity index (χ3v) is 6.64. The van der Waals surface area contributed by atoms with Crippen LogP contribution in [0.15, 0.2) is 6.07 Å². The lowest BCUT2D eigenvalue weighted by atomic mass is 9.57. The van der Waals surface area contributed by atoms with Gasteiger partial charge in [0, 0.05) is 38.0 Å². The van der Waals surface area contributed by atoms with Crippen molar-refractivity contribution in [1.82, 2.24) is 25.3 Å². The second-order valence-corrected chi connectivity index (χ2v) is 8.92. The molecule has 0 bridgehead atoms. The molecule has 27 heavy (non-hydrogen) atoms. The number of likely N-dealkylation sites (tertiary alicyclic amines) is 2. The molecule has 5 rings (SSSR count). The molecule has 0 atom stereocenters. The van der Waals surface area contributed by atoms with E-state index in [1.807, 2.05) is 9.80 Å². The molecule has 4 aliphatic rings. The molecule has 0 unspecified atom stereocenters. The van der Waals surface area contributed by atoms with Crippen LogP contribution in [0.25, 0.3) is 0 Å². The average Bonchev–Trinajstić information content (AvgIpc) is 3.13. The largest absolute Gasteiger partial charge is 0.347 e. The van der Waals surface area contributed by atoms with Crippen LogP contribution in [0.4, 0.5) is 13.6 Å². The normalized spacial score (nSPS) is 25.5. The topological polar surface area (TPSA) is 81.3 Å². The van der Waals surface area contributed by atoms with Crippen LogP contribution in [0, 0.1) is 11.3 Å². The molecular weight excluding hydrogens is 356 g/mol. The highest BCUT2D eigenvalue weighted by molar-refractivity contribution is 5.82. The molecule has 2 spiro atoms. The number of nitrogens with one attached hydrogen (secondary N) is 2. The van der Waals surface area contributed by atoms with Crippen LogP contribution in [-0.2, 0) is 11.2 Å². The number of H-pyrrole nitrogens is 1. The molecule has 0 radical (unpaired) electrons. The maximum Gasteiger partial charge on any atom is 0.320 e. The first kappa shape index (κ1) is 16.9. The molecule has 146 valence electrons. The van der Waals surface area contributed by atoms with Crippen molar-refractivity contribution in [2.75, 3.05) is 26.2 Å². The summed E-state index contributed by atoms with van der Waals surface area (Å²) < 4.78 is 25.2. The summed E-state index contributed by atoms with van der Waals surface area (Å²) in [5.41, 5.74) is 0.621. The van der Waals surface area contributed by atoms with Crippen molar-refractivity contribution in [3.05, 3.63) is 17.5 Å². The Hall–Kier alpha value is -2.19. The minimum atomic E-state index is -2.51. The fraction of sp³-hybridized carbons (Fsp3) is 0.722. The van der Waals surface area contributed by atoms with E-state index in [4.69, 9.17) is 0 Å². The van der Waals surface area contributed by atoms with Crippen molar-refractivity contribution in [3.63, 3.8) is 0 Å². The molecule has 1 saturated carbocycles. The average molecular weight is 379 g/mol. The van der Waals surface area contributed by atoms with Gasteiger partial charge >= 0.3 is 6.03 Å². The van der Waals surface area contributed by atoms with Gasteiger partial charge in [-0.25, -0.2) is 13.6 Å². The molecule has 9 heteroatoms. The molecule has 2 N–H and O–H groups in total. The molecule has 3 saturated heterocycles. The number of hydrogen-bond acceptors (Lipinski definition) is 3. The first-order valence-corrected chi connectivity index (χ1v) is 9.53. The van der Waals surface area contributed by atoms with Gasteiger partial charge < -0.3 is 15.1 Å². The Morgan fingerprint density at radius 2 is 1.96 bits per heavy atom. The van der Waals surface area contributed by atoms with E-state index >= 15 is 0 Å². The number of carbonyl (C=O) groups is 2. The Balaban J connectivity index is 1.06. The quantitative estimate of drug-likeness (QED) is 0.839. The second kappa shape index (κ2) is 5.65. The summed E-state index contributed by atoms with van der Waals surface area (Å²) in [5.74, 6) is 0.542. The maximum atomic E-state index is 12.6. The molecule has 4 fully saturated rings. The summed E-state index contributed by atoms with van der Waals surface area (Å²) in [6.07, 6.45) is 1.63. The Morgan fingerprint density at radius 3 is 2.56 bits per heavy atom. The lowest BCUT2D eigenvalue weighted by Gasteiger charge is -2.61. The molecule has 4 heterocycles. The number of aromatic nitrogens is 2. The summed E-state index contributed by atoms with van der Waals surface area (Å²) in [6, 6.07) is 1.53. The molecule has 1 aromatic rings. The zero-order chi connectivity index (χ0) is 18.8. The summed E-state index contributed by atoms with van der Waals surface area (Å²) in [5, 5.41) is 9.36. The zero-order valence-electron chi connectivity index (χ0n) is 15.0. The van der Waals surface area contributed by atoms with Gasteiger partial charge in [-0.3, -0.25) is 9.89 Å². The smallest absolute Gasteiger partial charge is 0.320 e. The third-order valence-electron chi connectivity index (χ3n) is 6.64. The van der Waals surface area contributed by atoms with Crippen molar-refractivity contribution in [3.8, 4) is 0 Å². The van der Waals surface area contributed by atoms with Gasteiger partial charge in [0.05, 0.1) is 11.2 Å². The number of rotatable bonds is 3. The van der Waals surface area contributed by atoms with Gasteiger partial charge in [0.2, 0.25) is 5.91 Å². The molecule has 3 aliphatic heterocycles. The van der Waals surface area contributed by atoms with Gasteiger partial charge in [-0.15, -0.1) is 0 Å². The van der Waals surface area contributed by atoms with Gasteiger partial charge in [-0.2, -0.15) is 5.10 Å². The fourth-order valence-electron chi connectivity index (χ4n) is 5.39. The van der Waals surface area contributed by atoms with Crippen LogP contribution >= 0.6 is 0 Å². The lowest BCUT2D eigenvalue weighted by Crippen LogP contribution is -2.73. The Bertz CT molecular complexity index is 774. The van der Waals surface area contributed by atoms with Crippen LogP contribution in [0.5, 0.6) is 0 Å². The third kappa shape index (κ3) is 2.78. The second-order valence-electron chi connectivity index (χ2n) is 8.92. The van der Waals surface area contributed by atoms with Crippen LogP contribution in [0.1, 0.15) is 43.5 Å². The predicted octanol–water partition coefficient (Wildman–Crippen LogP) is 1.69. The van der Waals surface area contributed by atoms with E-state index in [0.29, 0.717) is 37.5 Å². The van der Waals surface area contributed by atoms with E-state index in [9.17, 15) is 18.4 Å². The molecule has 0 aromatic carbocycles. The lowest BCUT2D eigenvalue weighted by molar-refractivity contribution is -0.120. The van der Waals surface area contributed by atoms with E-state index in [-0.39, 0.29) is 28.6 Å². The summed E-state index contributed by atoms with van der Waals surface area (Å²) in [6.45, 7) is 2.80. The number of halogens is 2. The molecule has 7 nitrogen and oxygen atoms in total. The van der Waals surface area contributed by atoms with Crippen molar-refractivity contribution in [2.45, 2.75) is 44.1 Å². The summed E-state index contributed by atoms with van der Waals surface area (Å²) in [7, 11) is 0. The number of hydrogen-bond donors (Lipinski definition) is 2. The maximum absolute atomic E-state index is 12.6. The van der Waals surface area contributed by atoms with Crippen LogP contribution in [0.2, 0.25) is 0 Å². The number of amides is 3. The summed E-state index contributed by atoms with van der Waals surface area (Å²) in [4.78, 5) is 27.7. The SMILES string of the molecule is O=C1CCC2(CN(C(=O)N3CC4(CC(Cc5cc(C(F)F)[nH]n5)C4)C3)C2)N1. The number of carbonyl (C=O) groups excluding carboxylic acids is 2. The fourth-order valence-corrected chi connectivity index (χ4v) is 5.39. The van der Waals surface area contributed by atoms with E-state index in [1.54, 1.807) is 0 Å². The van der Waals surface area contributed by atoms with E-state index in [0.717, 1.165) is 32.4 Å². The Labute approximate surface area is 155 Å². The van der Waals surface area contributed by atoms with Crippen LogP contribution in [0.3, 0.4) is 0 Å². The van der Waals surface area contributed by atoms with Crippen molar-refractivity contribution >= 4 is 11.9 Å². The summed E-state index contributed by atoms with van der Waals surface area (Å²) >= 11 is 0. The standard InChI is InChI=1S/C18H23F2N5O2/c19-15(20)13-4-12(22-23-13)3-11-5-17(6-11)7-24(8-17)16(27)25-9-18(10-25)2-1-14(26)21-18/h4,11,15H,1-3,5-10H2,(H,21,26)(H,22,23). The molecule has 3 amide bonds. The van der Waals surface area contributed by atoms with Crippen LogP contribution < -0.4 is 5.32 Å². The van der Waals surface area contributed by atoms with Crippen LogP contribution in [-0.4, -0.2) is 63.7 Å². The number of aromatic amines is 1. The number of alkyl halides is 2. The molecular formula is C18H23F2N5O2. The highest BCUT2D eigenvalue weighted by Crippen LogP contribution is 2.53. The highest BCUT2D eigenvalue weighted by Gasteiger charge is 2.56. The predicted molar refractivity (Wildman–Crippen MR) is 91.1 cm³/mol. The van der Waals surface area contributed by atoms with Gasteiger partial charge in [-0.05, 0) is 37.7 Å². The van der Waals surface area contributed by atoms with Crippen molar-refractivity contribution < 1.29 is 18.4 Å². The van der Waals surface area contributed by atoms with Crippen molar-refractivity contribution in [2.24, 2.45) is 11.3 Å². The number of nitrogens with zero attached hydrogens (tertiary/aromatic N) is 3. The monoisotopic (exact) mass is 379 g/mol. The Kier molecular flexibility index (Phi) is 3.55. The first-order chi connectivity index (χ1) is 12.9. The van der Waals surface area contributed by atoms with Gasteiger partial charge in [0.15, 0.2) is 0 Å².